The number of aliphatic hydroxyl groups is 1. The molecule has 2 N–H and O–H groups in total. The summed E-state index contributed by atoms with van der Waals surface area (Å²) < 4.78 is 0. The molecule has 0 heterocycles. The Hall–Kier alpha value is -1.16. The molecule has 0 atom stereocenters. The summed E-state index contributed by atoms with van der Waals surface area (Å²) in [4.78, 5) is 22.2. The fourth-order valence-electron chi connectivity index (χ4n) is 1.00. The van der Waals surface area contributed by atoms with Crippen LogP contribution in [0.5, 0.6) is 0 Å². The largest absolute Gasteiger partial charge is 0.396 e. The molecule has 1 amide bonds. The summed E-state index contributed by atoms with van der Waals surface area (Å²) in [6.07, 6.45) is 3.37. The Kier molecular flexibility index (Phi) is 18.0. The SMILES string of the molecule is CC.CC(C)C.CCC(=O)/C=C\C(=O)NC(C)(C)CCO. The van der Waals surface area contributed by atoms with E-state index in [4.69, 9.17) is 5.11 Å². The van der Waals surface area contributed by atoms with Gasteiger partial charge in [0, 0.05) is 24.6 Å². The van der Waals surface area contributed by atoms with Crippen molar-refractivity contribution in [3.63, 3.8) is 0 Å². The molecule has 0 aromatic carbocycles. The van der Waals surface area contributed by atoms with Crippen LogP contribution < -0.4 is 5.32 Å². The Balaban J connectivity index is -0.000000461. The van der Waals surface area contributed by atoms with Crippen LogP contribution in [0.4, 0.5) is 0 Å². The molecule has 21 heavy (non-hydrogen) atoms. The smallest absolute Gasteiger partial charge is 0.244 e. The molecule has 0 saturated carbocycles. The van der Waals surface area contributed by atoms with Crippen LogP contribution in [0.15, 0.2) is 12.2 Å². The third kappa shape index (κ3) is 24.3. The van der Waals surface area contributed by atoms with Gasteiger partial charge in [-0.2, -0.15) is 0 Å². The van der Waals surface area contributed by atoms with E-state index < -0.39 is 5.54 Å². The first-order chi connectivity index (χ1) is 9.64. The highest BCUT2D eigenvalue weighted by molar-refractivity contribution is 5.97. The molecule has 0 spiro atoms. The summed E-state index contributed by atoms with van der Waals surface area (Å²) in [6.45, 7) is 15.9. The first kappa shape index (κ1) is 24.8. The molecule has 0 fully saturated rings. The van der Waals surface area contributed by atoms with Gasteiger partial charge in [-0.25, -0.2) is 0 Å². The van der Waals surface area contributed by atoms with Crippen molar-refractivity contribution in [1.82, 2.24) is 5.32 Å². The number of carbonyl (C=O) groups is 2. The van der Waals surface area contributed by atoms with Crippen molar-refractivity contribution in [3.8, 4) is 0 Å². The molecule has 0 aliphatic carbocycles. The van der Waals surface area contributed by atoms with E-state index in [-0.39, 0.29) is 18.3 Å². The van der Waals surface area contributed by atoms with Crippen molar-refractivity contribution in [1.29, 1.82) is 0 Å². The maximum atomic E-state index is 11.3. The molecule has 4 heteroatoms. The molecule has 4 nitrogen and oxygen atoms in total. The van der Waals surface area contributed by atoms with Gasteiger partial charge in [-0.1, -0.05) is 41.5 Å². The minimum atomic E-state index is -0.453. The van der Waals surface area contributed by atoms with Crippen LogP contribution in [-0.4, -0.2) is 28.9 Å². The molecular formula is C17H35NO3. The van der Waals surface area contributed by atoms with E-state index in [0.29, 0.717) is 12.8 Å². The van der Waals surface area contributed by atoms with Gasteiger partial charge in [0.15, 0.2) is 5.78 Å². The third-order valence-electron chi connectivity index (χ3n) is 1.97. The lowest BCUT2D eigenvalue weighted by atomic mass is 10.0. The molecule has 0 bridgehead atoms. The number of amides is 1. The van der Waals surface area contributed by atoms with Crippen LogP contribution in [0.25, 0.3) is 0 Å². The topological polar surface area (TPSA) is 66.4 Å². The summed E-state index contributed by atoms with van der Waals surface area (Å²) in [5.74, 6) is 0.445. The van der Waals surface area contributed by atoms with E-state index in [0.717, 1.165) is 5.92 Å². The Morgan fingerprint density at radius 3 is 1.90 bits per heavy atom. The number of aliphatic hydroxyl groups excluding tert-OH is 1. The molecule has 0 radical (unpaired) electrons. The van der Waals surface area contributed by atoms with Gasteiger partial charge in [-0.3, -0.25) is 9.59 Å². The summed E-state index contributed by atoms with van der Waals surface area (Å²) in [7, 11) is 0. The maximum absolute atomic E-state index is 11.3. The van der Waals surface area contributed by atoms with Crippen molar-refractivity contribution in [3.05, 3.63) is 12.2 Å². The molecule has 0 unspecified atom stereocenters. The van der Waals surface area contributed by atoms with Gasteiger partial charge in [0.1, 0.15) is 0 Å². The van der Waals surface area contributed by atoms with Crippen LogP contribution in [0.3, 0.4) is 0 Å². The molecule has 0 aromatic rings. The highest BCUT2D eigenvalue weighted by Crippen LogP contribution is 2.06. The standard InChI is InChI=1S/C11H19NO3.C4H10.C2H6/c1-4-9(14)5-6-10(15)12-11(2,3)7-8-13;1-4(2)3;1-2/h5-6,13H,4,7-8H2,1-3H3,(H,12,15);4H,1-3H3;1-2H3/b6-5-;;. The van der Waals surface area contributed by atoms with Gasteiger partial charge in [0.25, 0.3) is 0 Å². The van der Waals surface area contributed by atoms with E-state index >= 15 is 0 Å². The first-order valence-electron chi connectivity index (χ1n) is 7.78. The van der Waals surface area contributed by atoms with Crippen molar-refractivity contribution in [2.24, 2.45) is 5.92 Å². The average molecular weight is 301 g/mol. The lowest BCUT2D eigenvalue weighted by Gasteiger charge is -2.24. The monoisotopic (exact) mass is 301 g/mol. The summed E-state index contributed by atoms with van der Waals surface area (Å²) >= 11 is 0. The summed E-state index contributed by atoms with van der Waals surface area (Å²) in [6, 6.07) is 0. The molecule has 126 valence electrons. The predicted molar refractivity (Wildman–Crippen MR) is 90.2 cm³/mol. The number of hydrogen-bond acceptors (Lipinski definition) is 3. The van der Waals surface area contributed by atoms with Crippen LogP contribution in [0, 0.1) is 5.92 Å². The quantitative estimate of drug-likeness (QED) is 0.738. The van der Waals surface area contributed by atoms with Gasteiger partial charge in [-0.15, -0.1) is 0 Å². The fourth-order valence-corrected chi connectivity index (χ4v) is 1.00. The molecule has 0 aliphatic rings. The van der Waals surface area contributed by atoms with Crippen LogP contribution in [0.2, 0.25) is 0 Å². The van der Waals surface area contributed by atoms with Crippen LogP contribution >= 0.6 is 0 Å². The minimum absolute atomic E-state index is 0.0187. The highest BCUT2D eigenvalue weighted by Gasteiger charge is 2.18. The Morgan fingerprint density at radius 1 is 1.14 bits per heavy atom. The zero-order valence-electron chi connectivity index (χ0n) is 15.1. The average Bonchev–Trinajstić information content (AvgIpc) is 2.37. The normalized spacial score (nSPS) is 10.4. The molecule has 0 aromatic heterocycles. The number of hydrogen-bond donors (Lipinski definition) is 2. The molecule has 0 saturated heterocycles. The van der Waals surface area contributed by atoms with Crippen LogP contribution in [-0.2, 0) is 9.59 Å². The summed E-state index contributed by atoms with van der Waals surface area (Å²) in [5.41, 5.74) is -0.453. The molecular weight excluding hydrogens is 266 g/mol. The Morgan fingerprint density at radius 2 is 1.57 bits per heavy atom. The second kappa shape index (κ2) is 15.2. The van der Waals surface area contributed by atoms with Gasteiger partial charge in [0.2, 0.25) is 5.91 Å². The zero-order valence-corrected chi connectivity index (χ0v) is 15.1. The number of carbonyl (C=O) groups excluding carboxylic acids is 2. The second-order valence-corrected chi connectivity index (χ2v) is 5.73. The van der Waals surface area contributed by atoms with E-state index in [1.165, 1.54) is 12.2 Å². The lowest BCUT2D eigenvalue weighted by molar-refractivity contribution is -0.119. The fraction of sp³-hybridized carbons (Fsp3) is 0.765. The zero-order chi connectivity index (χ0) is 17.5. The molecule has 0 aliphatic heterocycles. The number of ketones is 1. The maximum Gasteiger partial charge on any atom is 0.244 e. The van der Waals surface area contributed by atoms with E-state index in [9.17, 15) is 9.59 Å². The van der Waals surface area contributed by atoms with Gasteiger partial charge >= 0.3 is 0 Å². The minimum Gasteiger partial charge on any atom is -0.396 e. The number of rotatable bonds is 6. The van der Waals surface area contributed by atoms with Crippen LogP contribution in [0.1, 0.15) is 68.2 Å². The van der Waals surface area contributed by atoms with E-state index in [2.05, 4.69) is 26.1 Å². The Bertz CT molecular complexity index is 292. The highest BCUT2D eigenvalue weighted by atomic mass is 16.3. The van der Waals surface area contributed by atoms with Crippen molar-refractivity contribution in [2.45, 2.75) is 73.8 Å². The van der Waals surface area contributed by atoms with Gasteiger partial charge in [0.05, 0.1) is 0 Å². The number of nitrogens with one attached hydrogen (secondary N) is 1. The summed E-state index contributed by atoms with van der Waals surface area (Å²) in [5, 5.41) is 11.4. The number of allylic oxidation sites excluding steroid dienone is 1. The lowest BCUT2D eigenvalue weighted by Crippen LogP contribution is -2.43. The third-order valence-corrected chi connectivity index (χ3v) is 1.97. The Labute approximate surface area is 131 Å². The van der Waals surface area contributed by atoms with Gasteiger partial charge in [-0.05, 0) is 32.3 Å². The van der Waals surface area contributed by atoms with Crippen molar-refractivity contribution >= 4 is 11.7 Å². The van der Waals surface area contributed by atoms with E-state index in [1.807, 2.05) is 27.7 Å². The molecule has 0 rings (SSSR count). The van der Waals surface area contributed by atoms with Crippen molar-refractivity contribution < 1.29 is 14.7 Å². The predicted octanol–water partition coefficient (Wildman–Crippen LogP) is 3.49. The second-order valence-electron chi connectivity index (χ2n) is 5.73. The van der Waals surface area contributed by atoms with E-state index in [1.54, 1.807) is 6.92 Å². The van der Waals surface area contributed by atoms with Crippen molar-refractivity contribution in [2.75, 3.05) is 6.61 Å². The first-order valence-corrected chi connectivity index (χ1v) is 7.78. The van der Waals surface area contributed by atoms with Gasteiger partial charge < -0.3 is 10.4 Å².